The van der Waals surface area contributed by atoms with Gasteiger partial charge in [0.2, 0.25) is 0 Å². The third kappa shape index (κ3) is 2.10. The lowest BCUT2D eigenvalue weighted by Crippen LogP contribution is -2.05. The molecule has 4 heteroatoms. The number of aromatic amines is 1. The second-order valence-electron chi connectivity index (χ2n) is 3.09. The van der Waals surface area contributed by atoms with Crippen molar-refractivity contribution >= 4 is 29.6 Å². The molecule has 1 heterocycles. The molecule has 15 heavy (non-hydrogen) atoms. The van der Waals surface area contributed by atoms with E-state index in [-0.39, 0.29) is 5.56 Å². The first kappa shape index (κ1) is 9.98. The normalized spacial score (nSPS) is 11.3. The highest BCUT2D eigenvalue weighted by atomic mass is 32.1. The van der Waals surface area contributed by atoms with Crippen molar-refractivity contribution in [3.05, 3.63) is 46.5 Å². The summed E-state index contributed by atoms with van der Waals surface area (Å²) in [5.74, 6) is 0.682. The summed E-state index contributed by atoms with van der Waals surface area (Å²) >= 11 is 4.08. The van der Waals surface area contributed by atoms with Gasteiger partial charge in [0.25, 0.3) is 5.56 Å². The molecule has 1 N–H and O–H groups in total. The van der Waals surface area contributed by atoms with Gasteiger partial charge in [0, 0.05) is 5.75 Å². The molecule has 0 saturated heterocycles. The Morgan fingerprint density at radius 2 is 2.33 bits per heavy atom. The highest BCUT2D eigenvalue weighted by Crippen LogP contribution is 2.10. The Bertz CT molecular complexity index is 560. The first-order valence-electron chi connectivity index (χ1n) is 4.56. The van der Waals surface area contributed by atoms with Crippen LogP contribution in [0.1, 0.15) is 5.56 Å². The zero-order valence-electron chi connectivity index (χ0n) is 7.97. The molecular formula is C11H10N2OS. The summed E-state index contributed by atoms with van der Waals surface area (Å²) in [6.45, 7) is 0. The van der Waals surface area contributed by atoms with Gasteiger partial charge in [0.05, 0.1) is 17.2 Å². The molecule has 0 unspecified atom stereocenters. The van der Waals surface area contributed by atoms with Crippen LogP contribution in [0.3, 0.4) is 0 Å². The van der Waals surface area contributed by atoms with Crippen LogP contribution >= 0.6 is 12.6 Å². The van der Waals surface area contributed by atoms with Crippen molar-refractivity contribution in [3.8, 4) is 0 Å². The van der Waals surface area contributed by atoms with Crippen molar-refractivity contribution in [2.75, 3.05) is 5.75 Å². The maximum Gasteiger partial charge on any atom is 0.258 e. The van der Waals surface area contributed by atoms with E-state index in [1.165, 1.54) is 6.33 Å². The highest BCUT2D eigenvalue weighted by molar-refractivity contribution is 7.80. The van der Waals surface area contributed by atoms with Crippen LogP contribution in [-0.4, -0.2) is 15.7 Å². The lowest BCUT2D eigenvalue weighted by atomic mass is 10.1. The quantitative estimate of drug-likeness (QED) is 0.756. The van der Waals surface area contributed by atoms with Gasteiger partial charge in [-0.05, 0) is 17.7 Å². The van der Waals surface area contributed by atoms with Gasteiger partial charge in [-0.15, -0.1) is 0 Å². The van der Waals surface area contributed by atoms with Crippen LogP contribution in [0, 0.1) is 0 Å². The van der Waals surface area contributed by atoms with Crippen LogP contribution in [0.5, 0.6) is 0 Å². The largest absolute Gasteiger partial charge is 0.313 e. The average Bonchev–Trinajstić information content (AvgIpc) is 2.27. The molecule has 0 aliphatic heterocycles. The molecule has 0 spiro atoms. The number of hydrogen-bond donors (Lipinski definition) is 2. The lowest BCUT2D eigenvalue weighted by molar-refractivity contribution is 1.17. The molecule has 2 rings (SSSR count). The molecule has 0 radical (unpaired) electrons. The number of aromatic nitrogens is 2. The smallest absolute Gasteiger partial charge is 0.258 e. The number of fused-ring (bicyclic) bond motifs is 1. The summed E-state index contributed by atoms with van der Waals surface area (Å²) in [5, 5.41) is 0.610. The highest BCUT2D eigenvalue weighted by Gasteiger charge is 1.98. The van der Waals surface area contributed by atoms with Gasteiger partial charge < -0.3 is 4.98 Å². The minimum Gasteiger partial charge on any atom is -0.313 e. The van der Waals surface area contributed by atoms with Crippen molar-refractivity contribution in [1.82, 2.24) is 9.97 Å². The fraction of sp³-hybridized carbons (Fsp3) is 0.0909. The number of hydrogen-bond acceptors (Lipinski definition) is 3. The van der Waals surface area contributed by atoms with Crippen molar-refractivity contribution in [2.45, 2.75) is 0 Å². The third-order valence-electron chi connectivity index (χ3n) is 2.08. The van der Waals surface area contributed by atoms with E-state index in [0.717, 1.165) is 5.56 Å². The van der Waals surface area contributed by atoms with E-state index in [0.29, 0.717) is 16.7 Å². The predicted molar refractivity (Wildman–Crippen MR) is 65.3 cm³/mol. The molecule has 0 bridgehead atoms. The topological polar surface area (TPSA) is 45.8 Å². The van der Waals surface area contributed by atoms with Crippen molar-refractivity contribution in [2.24, 2.45) is 0 Å². The van der Waals surface area contributed by atoms with Crippen LogP contribution in [0.15, 0.2) is 35.4 Å². The van der Waals surface area contributed by atoms with Crippen LogP contribution in [0.25, 0.3) is 17.0 Å². The fourth-order valence-electron chi connectivity index (χ4n) is 1.38. The van der Waals surface area contributed by atoms with Gasteiger partial charge in [-0.2, -0.15) is 12.6 Å². The second-order valence-corrected chi connectivity index (χ2v) is 3.46. The zero-order chi connectivity index (χ0) is 10.7. The van der Waals surface area contributed by atoms with E-state index >= 15 is 0 Å². The van der Waals surface area contributed by atoms with E-state index in [1.54, 1.807) is 0 Å². The Labute approximate surface area is 92.3 Å². The summed E-state index contributed by atoms with van der Waals surface area (Å²) in [7, 11) is 0. The number of nitrogens with zero attached hydrogens (tertiary/aromatic N) is 1. The molecule has 76 valence electrons. The van der Waals surface area contributed by atoms with Gasteiger partial charge in [-0.3, -0.25) is 4.79 Å². The minimum absolute atomic E-state index is 0.110. The first-order valence-corrected chi connectivity index (χ1v) is 5.19. The molecule has 3 nitrogen and oxygen atoms in total. The standard InChI is InChI=1S/C11H10N2OS/c14-11-9-6-8(2-1-5-15)3-4-10(9)12-7-13-11/h1-4,6-7,15H,5H2,(H,12,13,14). The van der Waals surface area contributed by atoms with Gasteiger partial charge in [-0.1, -0.05) is 18.2 Å². The second kappa shape index (κ2) is 4.31. The summed E-state index contributed by atoms with van der Waals surface area (Å²) in [5.41, 5.74) is 1.58. The molecule has 1 aromatic carbocycles. The monoisotopic (exact) mass is 218 g/mol. The molecule has 2 aromatic rings. The Morgan fingerprint density at radius 3 is 3.13 bits per heavy atom. The number of nitrogens with one attached hydrogen (secondary N) is 1. The maximum atomic E-state index is 11.5. The van der Waals surface area contributed by atoms with Crippen LogP contribution < -0.4 is 5.56 Å². The number of H-pyrrole nitrogens is 1. The van der Waals surface area contributed by atoms with Crippen LogP contribution in [0.4, 0.5) is 0 Å². The van der Waals surface area contributed by atoms with Crippen LogP contribution in [0.2, 0.25) is 0 Å². The van der Waals surface area contributed by atoms with E-state index in [9.17, 15) is 4.79 Å². The van der Waals surface area contributed by atoms with Crippen molar-refractivity contribution in [3.63, 3.8) is 0 Å². The van der Waals surface area contributed by atoms with Gasteiger partial charge in [0.15, 0.2) is 0 Å². The Balaban J connectivity index is 2.60. The predicted octanol–water partition coefficient (Wildman–Crippen LogP) is 1.87. The van der Waals surface area contributed by atoms with Crippen molar-refractivity contribution < 1.29 is 0 Å². The van der Waals surface area contributed by atoms with E-state index in [1.807, 2.05) is 30.4 Å². The average molecular weight is 218 g/mol. The molecule has 0 aliphatic rings. The third-order valence-corrected chi connectivity index (χ3v) is 2.29. The van der Waals surface area contributed by atoms with Gasteiger partial charge in [-0.25, -0.2) is 4.98 Å². The van der Waals surface area contributed by atoms with E-state index in [4.69, 9.17) is 0 Å². The molecular weight excluding hydrogens is 208 g/mol. The van der Waals surface area contributed by atoms with Crippen molar-refractivity contribution in [1.29, 1.82) is 0 Å². The lowest BCUT2D eigenvalue weighted by Gasteiger charge is -1.97. The van der Waals surface area contributed by atoms with E-state index < -0.39 is 0 Å². The van der Waals surface area contributed by atoms with Gasteiger partial charge >= 0.3 is 0 Å². The first-order chi connectivity index (χ1) is 7.31. The molecule has 0 fully saturated rings. The Kier molecular flexibility index (Phi) is 2.87. The summed E-state index contributed by atoms with van der Waals surface area (Å²) in [6.07, 6.45) is 5.27. The Morgan fingerprint density at radius 1 is 1.47 bits per heavy atom. The molecule has 0 aliphatic carbocycles. The molecule has 0 atom stereocenters. The Hall–Kier alpha value is -1.55. The number of thiol groups is 1. The van der Waals surface area contributed by atoms with Gasteiger partial charge in [0.1, 0.15) is 0 Å². The maximum absolute atomic E-state index is 11.5. The summed E-state index contributed by atoms with van der Waals surface area (Å²) in [4.78, 5) is 18.1. The summed E-state index contributed by atoms with van der Waals surface area (Å²) in [6, 6.07) is 5.58. The van der Waals surface area contributed by atoms with Crippen LogP contribution in [-0.2, 0) is 0 Å². The van der Waals surface area contributed by atoms with E-state index in [2.05, 4.69) is 22.6 Å². The zero-order valence-corrected chi connectivity index (χ0v) is 8.87. The fourth-order valence-corrected chi connectivity index (χ4v) is 1.48. The number of benzene rings is 1. The molecule has 0 saturated carbocycles. The number of rotatable bonds is 2. The minimum atomic E-state index is -0.110. The summed E-state index contributed by atoms with van der Waals surface area (Å²) < 4.78 is 0. The SMILES string of the molecule is O=c1[nH]cnc2ccc(C=CCS)cc12. The molecule has 1 aromatic heterocycles. The molecule has 0 amide bonds.